The minimum atomic E-state index is -0.379. The Bertz CT molecular complexity index is 547. The number of aromatic nitrogens is 1. The van der Waals surface area contributed by atoms with Crippen molar-refractivity contribution < 1.29 is 4.79 Å². The number of thioether (sulfide) groups is 1. The molecular formula is C13H18ClN3OS2. The van der Waals surface area contributed by atoms with Gasteiger partial charge in [0.05, 0.1) is 16.0 Å². The minimum Gasteiger partial charge on any atom is -0.354 e. The predicted molar refractivity (Wildman–Crippen MR) is 88.9 cm³/mol. The van der Waals surface area contributed by atoms with Crippen LogP contribution >= 0.6 is 35.5 Å². The van der Waals surface area contributed by atoms with E-state index in [1.165, 1.54) is 11.8 Å². The first kappa shape index (κ1) is 17.2. The molecule has 0 unspecified atom stereocenters. The Morgan fingerprint density at radius 1 is 1.45 bits per heavy atom. The number of para-hydroxylation sites is 1. The minimum absolute atomic E-state index is 0. The zero-order valence-corrected chi connectivity index (χ0v) is 13.8. The van der Waals surface area contributed by atoms with Crippen molar-refractivity contribution in [3.05, 3.63) is 24.3 Å². The molecule has 20 heavy (non-hydrogen) atoms. The highest BCUT2D eigenvalue weighted by atomic mass is 35.5. The van der Waals surface area contributed by atoms with Crippen LogP contribution in [0.3, 0.4) is 0 Å². The third kappa shape index (κ3) is 5.28. The Balaban J connectivity index is 0.00000200. The van der Waals surface area contributed by atoms with Gasteiger partial charge >= 0.3 is 0 Å². The molecule has 0 bridgehead atoms. The van der Waals surface area contributed by atoms with Crippen molar-refractivity contribution >= 4 is 51.6 Å². The molecule has 1 heterocycles. The van der Waals surface area contributed by atoms with Gasteiger partial charge in [-0.1, -0.05) is 23.9 Å². The summed E-state index contributed by atoms with van der Waals surface area (Å²) in [7, 11) is 0. The number of hydrogen-bond donors (Lipinski definition) is 2. The largest absolute Gasteiger partial charge is 0.354 e. The monoisotopic (exact) mass is 331 g/mol. The maximum Gasteiger partial charge on any atom is 0.230 e. The molecular weight excluding hydrogens is 314 g/mol. The number of nitrogens with zero attached hydrogens (tertiary/aromatic N) is 1. The number of hydrogen-bond acceptors (Lipinski definition) is 5. The van der Waals surface area contributed by atoms with E-state index in [0.717, 1.165) is 14.6 Å². The SMILES string of the molecule is CC(C)(N)CNC(=O)CSc1nc2ccccc2s1.Cl. The van der Waals surface area contributed by atoms with E-state index in [9.17, 15) is 4.79 Å². The highest BCUT2D eigenvalue weighted by Crippen LogP contribution is 2.28. The molecule has 0 aliphatic rings. The van der Waals surface area contributed by atoms with Crippen LogP contribution in [0.15, 0.2) is 28.6 Å². The first-order valence-electron chi connectivity index (χ1n) is 5.98. The second-order valence-corrected chi connectivity index (χ2v) is 7.25. The summed E-state index contributed by atoms with van der Waals surface area (Å²) in [6.07, 6.45) is 0. The second-order valence-electron chi connectivity index (χ2n) is 5.00. The third-order valence-corrected chi connectivity index (χ3v) is 4.52. The number of rotatable bonds is 5. The van der Waals surface area contributed by atoms with Crippen molar-refractivity contribution in [1.29, 1.82) is 0 Å². The first-order valence-corrected chi connectivity index (χ1v) is 7.78. The molecule has 0 atom stereocenters. The van der Waals surface area contributed by atoms with Crippen molar-refractivity contribution in [3.63, 3.8) is 0 Å². The number of benzene rings is 1. The van der Waals surface area contributed by atoms with Gasteiger partial charge in [0, 0.05) is 12.1 Å². The Morgan fingerprint density at radius 2 is 2.15 bits per heavy atom. The van der Waals surface area contributed by atoms with Gasteiger partial charge in [0.15, 0.2) is 4.34 Å². The van der Waals surface area contributed by atoms with Crippen LogP contribution in [0, 0.1) is 0 Å². The van der Waals surface area contributed by atoms with Gasteiger partial charge in [-0.25, -0.2) is 4.98 Å². The van der Waals surface area contributed by atoms with E-state index in [1.54, 1.807) is 11.3 Å². The fraction of sp³-hybridized carbons (Fsp3) is 0.385. The van der Waals surface area contributed by atoms with E-state index >= 15 is 0 Å². The maximum absolute atomic E-state index is 11.7. The van der Waals surface area contributed by atoms with E-state index in [-0.39, 0.29) is 23.9 Å². The molecule has 0 spiro atoms. The van der Waals surface area contributed by atoms with Crippen molar-refractivity contribution in [1.82, 2.24) is 10.3 Å². The molecule has 0 aliphatic heterocycles. The molecule has 1 amide bonds. The molecule has 0 saturated heterocycles. The highest BCUT2D eigenvalue weighted by molar-refractivity contribution is 8.01. The number of thiazole rings is 1. The lowest BCUT2D eigenvalue weighted by Crippen LogP contribution is -2.45. The van der Waals surface area contributed by atoms with Gasteiger partial charge in [-0.15, -0.1) is 23.7 Å². The summed E-state index contributed by atoms with van der Waals surface area (Å²) in [4.78, 5) is 16.1. The number of fused-ring (bicyclic) bond motifs is 1. The molecule has 0 aliphatic carbocycles. The van der Waals surface area contributed by atoms with Gasteiger partial charge in [0.2, 0.25) is 5.91 Å². The summed E-state index contributed by atoms with van der Waals surface area (Å²) in [6.45, 7) is 4.24. The van der Waals surface area contributed by atoms with Crippen LogP contribution < -0.4 is 11.1 Å². The van der Waals surface area contributed by atoms with Crippen LogP contribution in [-0.2, 0) is 4.79 Å². The summed E-state index contributed by atoms with van der Waals surface area (Å²) < 4.78 is 2.07. The van der Waals surface area contributed by atoms with Crippen molar-refractivity contribution in [2.75, 3.05) is 12.3 Å². The summed E-state index contributed by atoms with van der Waals surface area (Å²) in [5.41, 5.74) is 6.42. The fourth-order valence-electron chi connectivity index (χ4n) is 1.42. The molecule has 1 aromatic carbocycles. The van der Waals surface area contributed by atoms with Gasteiger partial charge in [-0.05, 0) is 26.0 Å². The number of carbonyl (C=O) groups is 1. The Labute approximate surface area is 132 Å². The van der Waals surface area contributed by atoms with Crippen molar-refractivity contribution in [2.45, 2.75) is 23.7 Å². The highest BCUT2D eigenvalue weighted by Gasteiger charge is 2.13. The van der Waals surface area contributed by atoms with Crippen LogP contribution in [0.1, 0.15) is 13.8 Å². The summed E-state index contributed by atoms with van der Waals surface area (Å²) >= 11 is 3.07. The molecule has 2 aromatic rings. The smallest absolute Gasteiger partial charge is 0.230 e. The summed E-state index contributed by atoms with van der Waals surface area (Å²) in [5, 5.41) is 2.82. The van der Waals surface area contributed by atoms with Crippen LogP contribution in [0.5, 0.6) is 0 Å². The predicted octanol–water partition coefficient (Wildman–Crippen LogP) is 2.66. The average molecular weight is 332 g/mol. The zero-order valence-electron chi connectivity index (χ0n) is 11.4. The van der Waals surface area contributed by atoms with E-state index in [2.05, 4.69) is 10.3 Å². The molecule has 4 nitrogen and oxygen atoms in total. The Kier molecular flexibility index (Phi) is 6.26. The van der Waals surface area contributed by atoms with E-state index in [1.807, 2.05) is 38.1 Å². The third-order valence-electron chi connectivity index (χ3n) is 2.34. The van der Waals surface area contributed by atoms with Gasteiger partial charge in [0.1, 0.15) is 0 Å². The lowest BCUT2D eigenvalue weighted by molar-refractivity contribution is -0.118. The normalized spacial score (nSPS) is 11.2. The fourth-order valence-corrected chi connectivity index (χ4v) is 3.32. The van der Waals surface area contributed by atoms with Gasteiger partial charge < -0.3 is 11.1 Å². The van der Waals surface area contributed by atoms with Crippen molar-refractivity contribution in [3.8, 4) is 0 Å². The number of nitrogens with two attached hydrogens (primary N) is 1. The molecule has 7 heteroatoms. The van der Waals surface area contributed by atoms with Gasteiger partial charge in [0.25, 0.3) is 0 Å². The Morgan fingerprint density at radius 3 is 2.80 bits per heavy atom. The number of amides is 1. The van der Waals surface area contributed by atoms with Crippen LogP contribution in [0.2, 0.25) is 0 Å². The van der Waals surface area contributed by atoms with Crippen LogP contribution in [-0.4, -0.2) is 28.7 Å². The molecule has 0 fully saturated rings. The standard InChI is InChI=1S/C13H17N3OS2.ClH/c1-13(2,14)8-15-11(17)7-18-12-16-9-5-3-4-6-10(9)19-12;/h3-6H,7-8,14H2,1-2H3,(H,15,17);1H. The lowest BCUT2D eigenvalue weighted by atomic mass is 10.1. The molecule has 110 valence electrons. The lowest BCUT2D eigenvalue weighted by Gasteiger charge is -2.18. The maximum atomic E-state index is 11.7. The topological polar surface area (TPSA) is 68.0 Å². The molecule has 3 N–H and O–H groups in total. The summed E-state index contributed by atoms with van der Waals surface area (Å²) in [5.74, 6) is 0.360. The van der Waals surface area contributed by atoms with Gasteiger partial charge in [-0.3, -0.25) is 4.79 Å². The molecule has 2 rings (SSSR count). The number of nitrogens with one attached hydrogen (secondary N) is 1. The van der Waals surface area contributed by atoms with E-state index in [0.29, 0.717) is 12.3 Å². The molecule has 0 radical (unpaired) electrons. The average Bonchev–Trinajstić information content (AvgIpc) is 2.75. The zero-order chi connectivity index (χ0) is 13.9. The first-order chi connectivity index (χ1) is 8.94. The summed E-state index contributed by atoms with van der Waals surface area (Å²) in [6, 6.07) is 7.97. The van der Waals surface area contributed by atoms with Crippen LogP contribution in [0.25, 0.3) is 10.2 Å². The van der Waals surface area contributed by atoms with E-state index in [4.69, 9.17) is 5.73 Å². The second kappa shape index (κ2) is 7.26. The Hall–Kier alpha value is -0.820. The van der Waals surface area contributed by atoms with Crippen LogP contribution in [0.4, 0.5) is 0 Å². The number of carbonyl (C=O) groups excluding carboxylic acids is 1. The quantitative estimate of drug-likeness (QED) is 0.826. The molecule has 0 saturated carbocycles. The van der Waals surface area contributed by atoms with E-state index < -0.39 is 0 Å². The molecule has 1 aromatic heterocycles. The number of halogens is 1. The van der Waals surface area contributed by atoms with Crippen molar-refractivity contribution in [2.24, 2.45) is 5.73 Å². The van der Waals surface area contributed by atoms with Gasteiger partial charge in [-0.2, -0.15) is 0 Å².